The lowest BCUT2D eigenvalue weighted by molar-refractivity contribution is -0.141. The zero-order valence-electron chi connectivity index (χ0n) is 34.4. The van der Waals surface area contributed by atoms with Gasteiger partial charge in [0.2, 0.25) is 53.2 Å². The van der Waals surface area contributed by atoms with Gasteiger partial charge in [0, 0.05) is 31.4 Å². The molecule has 0 aliphatic rings. The predicted octanol–water partition coefficient (Wildman–Crippen LogP) is -2.17. The van der Waals surface area contributed by atoms with Crippen molar-refractivity contribution in [3.8, 4) is 0 Å². The van der Waals surface area contributed by atoms with Gasteiger partial charge in [-0.15, -0.1) is 0 Å². The van der Waals surface area contributed by atoms with Crippen molar-refractivity contribution in [2.24, 2.45) is 23.3 Å². The average molecular weight is 850 g/mol. The number of carboxylic acids is 1. The maximum absolute atomic E-state index is 13.8. The Bertz CT molecular complexity index is 1910. The lowest BCUT2D eigenvalue weighted by Crippen LogP contribution is -2.60. The van der Waals surface area contributed by atoms with Gasteiger partial charge in [0.1, 0.15) is 30.2 Å². The number of rotatable bonds is 25. The molecule has 0 aromatic heterocycles. The number of carboxylic acid groups (broad SMARTS) is 1. The SMILES string of the molecule is CC(C)[C@H](NC(=O)[C@@H](NC(=O)[C@H](Cc1ccccc1)NC(=O)[C@H](CCC(N)=O)NC(=O)/C=C/C(=O)NCC(=O)NCC(=O)N[C@@H](Cc1ccccc1)C(=O)O)C(C)C)C(N)=O. The summed E-state index contributed by atoms with van der Waals surface area (Å²) in [5.74, 6) is -9.51. The molecular formula is C41H55N9O11. The summed E-state index contributed by atoms with van der Waals surface area (Å²) in [5.41, 5.74) is 12.1. The minimum absolute atomic E-state index is 0.00921. The number of nitrogens with two attached hydrogens (primary N) is 2. The molecule has 0 bridgehead atoms. The number of carbonyl (C=O) groups is 10. The fourth-order valence-electron chi connectivity index (χ4n) is 5.62. The lowest BCUT2D eigenvalue weighted by atomic mass is 9.98. The molecule has 2 aromatic carbocycles. The highest BCUT2D eigenvalue weighted by Crippen LogP contribution is 2.10. The van der Waals surface area contributed by atoms with Crippen molar-refractivity contribution in [2.45, 2.75) is 83.6 Å². The van der Waals surface area contributed by atoms with E-state index in [4.69, 9.17) is 11.5 Å². The van der Waals surface area contributed by atoms with Gasteiger partial charge in [-0.25, -0.2) is 4.79 Å². The number of carbonyl (C=O) groups excluding carboxylic acids is 9. The molecule has 0 saturated carbocycles. The highest BCUT2D eigenvalue weighted by Gasteiger charge is 2.33. The Morgan fingerprint density at radius 3 is 1.56 bits per heavy atom. The molecular weight excluding hydrogens is 795 g/mol. The molecule has 5 atom stereocenters. The summed E-state index contributed by atoms with van der Waals surface area (Å²) < 4.78 is 0. The fourth-order valence-corrected chi connectivity index (χ4v) is 5.62. The largest absolute Gasteiger partial charge is 0.480 e. The predicted molar refractivity (Wildman–Crippen MR) is 220 cm³/mol. The standard InChI is InChI=1S/C41H55N9O11/c1-23(2)35(37(43)56)49-40(59)36(24(3)4)50-39(58)28(19-25-11-7-5-8-12-25)48-38(57)27(15-16-30(42)51)46-32(53)18-17-31(52)44-21-33(54)45-22-34(55)47-29(41(60)61)20-26-13-9-6-10-14-26/h5-14,17-18,23-24,27-29,35-36H,15-16,19-22H2,1-4H3,(H2,42,51)(H2,43,56)(H,44,52)(H,45,54)(H,46,53)(H,47,55)(H,48,57)(H,49,59)(H,50,58)(H,60,61)/b18-17+/t27-,28-,29-,35-,36-/m0/s1. The van der Waals surface area contributed by atoms with Crippen molar-refractivity contribution in [1.29, 1.82) is 0 Å². The monoisotopic (exact) mass is 849 g/mol. The summed E-state index contributed by atoms with van der Waals surface area (Å²) >= 11 is 0. The van der Waals surface area contributed by atoms with Crippen LogP contribution in [0.3, 0.4) is 0 Å². The highest BCUT2D eigenvalue weighted by molar-refractivity contribution is 6.00. The van der Waals surface area contributed by atoms with Gasteiger partial charge in [0.25, 0.3) is 0 Å². The van der Waals surface area contributed by atoms with Crippen LogP contribution in [-0.4, -0.2) is 108 Å². The molecule has 61 heavy (non-hydrogen) atoms. The second-order valence-electron chi connectivity index (χ2n) is 14.7. The second-order valence-corrected chi connectivity index (χ2v) is 14.7. The third-order valence-electron chi connectivity index (χ3n) is 8.92. The first-order chi connectivity index (χ1) is 28.8. The Morgan fingerprint density at radius 1 is 0.557 bits per heavy atom. The molecule has 12 N–H and O–H groups in total. The molecule has 9 amide bonds. The molecule has 0 saturated heterocycles. The molecule has 0 spiro atoms. The highest BCUT2D eigenvalue weighted by atomic mass is 16.4. The third-order valence-corrected chi connectivity index (χ3v) is 8.92. The Hall–Kier alpha value is -7.12. The Kier molecular flexibility index (Phi) is 20.8. The fraction of sp³-hybridized carbons (Fsp3) is 0.415. The van der Waals surface area contributed by atoms with Gasteiger partial charge < -0.3 is 53.8 Å². The number of benzene rings is 2. The van der Waals surface area contributed by atoms with Crippen molar-refractivity contribution in [1.82, 2.24) is 37.2 Å². The van der Waals surface area contributed by atoms with Crippen LogP contribution in [0.1, 0.15) is 51.7 Å². The zero-order chi connectivity index (χ0) is 45.6. The molecule has 0 fully saturated rings. The summed E-state index contributed by atoms with van der Waals surface area (Å²) in [6, 6.07) is 11.0. The van der Waals surface area contributed by atoms with E-state index >= 15 is 0 Å². The van der Waals surface area contributed by atoms with Crippen molar-refractivity contribution in [3.05, 3.63) is 83.9 Å². The minimum Gasteiger partial charge on any atom is -0.480 e. The first-order valence-electron chi connectivity index (χ1n) is 19.4. The second kappa shape index (κ2) is 25.4. The van der Waals surface area contributed by atoms with Crippen LogP contribution in [0.5, 0.6) is 0 Å². The van der Waals surface area contributed by atoms with Crippen LogP contribution in [0.2, 0.25) is 0 Å². The number of nitrogens with one attached hydrogen (secondary N) is 7. The van der Waals surface area contributed by atoms with E-state index in [1.807, 2.05) is 0 Å². The maximum Gasteiger partial charge on any atom is 0.326 e. The van der Waals surface area contributed by atoms with E-state index in [1.165, 1.54) is 0 Å². The summed E-state index contributed by atoms with van der Waals surface area (Å²) in [6.07, 6.45) is 0.787. The van der Waals surface area contributed by atoms with Crippen LogP contribution in [0.25, 0.3) is 0 Å². The van der Waals surface area contributed by atoms with E-state index in [2.05, 4.69) is 37.2 Å². The van der Waals surface area contributed by atoms with Gasteiger partial charge in [0.05, 0.1) is 13.1 Å². The van der Waals surface area contributed by atoms with E-state index in [9.17, 15) is 53.1 Å². The van der Waals surface area contributed by atoms with E-state index in [0.717, 1.165) is 12.2 Å². The molecule has 2 aromatic rings. The number of hydrogen-bond donors (Lipinski definition) is 10. The minimum atomic E-state index is -1.45. The van der Waals surface area contributed by atoms with Gasteiger partial charge >= 0.3 is 5.97 Å². The van der Waals surface area contributed by atoms with Crippen molar-refractivity contribution >= 4 is 59.1 Å². The Labute approximate surface area is 352 Å². The van der Waals surface area contributed by atoms with Crippen LogP contribution < -0.4 is 48.7 Å². The Morgan fingerprint density at radius 2 is 1.05 bits per heavy atom. The molecule has 0 aliphatic heterocycles. The third kappa shape index (κ3) is 19.0. The van der Waals surface area contributed by atoms with E-state index in [-0.39, 0.29) is 31.6 Å². The molecule has 0 unspecified atom stereocenters. The normalized spacial score (nSPS) is 13.4. The number of amides is 9. The molecule has 0 radical (unpaired) electrons. The van der Waals surface area contributed by atoms with Gasteiger partial charge in [-0.1, -0.05) is 88.4 Å². The molecule has 20 nitrogen and oxygen atoms in total. The average Bonchev–Trinajstić information content (AvgIpc) is 3.20. The molecule has 0 aliphatic carbocycles. The van der Waals surface area contributed by atoms with Crippen LogP contribution >= 0.6 is 0 Å². The summed E-state index contributed by atoms with van der Waals surface area (Å²) in [5, 5.41) is 26.4. The van der Waals surface area contributed by atoms with Gasteiger partial charge in [-0.3, -0.25) is 43.2 Å². The maximum atomic E-state index is 13.8. The molecule has 2 rings (SSSR count). The molecule has 20 heteroatoms. The van der Waals surface area contributed by atoms with E-state index in [1.54, 1.807) is 88.4 Å². The van der Waals surface area contributed by atoms with Gasteiger partial charge in [-0.2, -0.15) is 0 Å². The first kappa shape index (κ1) is 50.0. The lowest BCUT2D eigenvalue weighted by Gasteiger charge is -2.28. The van der Waals surface area contributed by atoms with Crippen molar-refractivity contribution < 1.29 is 53.1 Å². The topological polar surface area (TPSA) is 327 Å². The smallest absolute Gasteiger partial charge is 0.326 e. The Balaban J connectivity index is 2.07. The number of hydrogen-bond acceptors (Lipinski definition) is 10. The van der Waals surface area contributed by atoms with Crippen LogP contribution in [-0.2, 0) is 60.8 Å². The quantitative estimate of drug-likeness (QED) is 0.0480. The van der Waals surface area contributed by atoms with E-state index < -0.39 is 108 Å². The first-order valence-corrected chi connectivity index (χ1v) is 19.4. The summed E-state index contributed by atoms with van der Waals surface area (Å²) in [6.45, 7) is 5.49. The van der Waals surface area contributed by atoms with Gasteiger partial charge in [0.15, 0.2) is 0 Å². The molecule has 0 heterocycles. The molecule has 330 valence electrons. The number of aliphatic carboxylic acids is 1. The van der Waals surface area contributed by atoms with Gasteiger partial charge in [-0.05, 0) is 29.4 Å². The van der Waals surface area contributed by atoms with Crippen LogP contribution in [0, 0.1) is 11.8 Å². The van der Waals surface area contributed by atoms with Crippen molar-refractivity contribution in [3.63, 3.8) is 0 Å². The summed E-state index contributed by atoms with van der Waals surface area (Å²) in [7, 11) is 0. The number of primary amides is 2. The van der Waals surface area contributed by atoms with Crippen LogP contribution in [0.15, 0.2) is 72.8 Å². The van der Waals surface area contributed by atoms with Crippen molar-refractivity contribution in [2.75, 3.05) is 13.1 Å². The summed E-state index contributed by atoms with van der Waals surface area (Å²) in [4.78, 5) is 126. The van der Waals surface area contributed by atoms with E-state index in [0.29, 0.717) is 11.1 Å². The zero-order valence-corrected chi connectivity index (χ0v) is 34.4. The van der Waals surface area contributed by atoms with Crippen LogP contribution in [0.4, 0.5) is 0 Å².